The van der Waals surface area contributed by atoms with Gasteiger partial charge in [-0.25, -0.2) is 0 Å². The summed E-state index contributed by atoms with van der Waals surface area (Å²) < 4.78 is 10.1. The Morgan fingerprint density at radius 2 is 2.55 bits per heavy atom. The van der Waals surface area contributed by atoms with Crippen LogP contribution >= 0.6 is 0 Å². The zero-order valence-electron chi connectivity index (χ0n) is 6.79. The molecule has 3 heteroatoms. The fraction of sp³-hybridized carbons (Fsp3) is 0.625. The predicted octanol–water partition coefficient (Wildman–Crippen LogP) is 1.24. The SMILES string of the molecule is COC1=COC(C)(C=O)CC1. The van der Waals surface area contributed by atoms with Gasteiger partial charge in [-0.2, -0.15) is 0 Å². The molecular formula is C8H12O3. The first-order chi connectivity index (χ1) is 5.20. The zero-order valence-corrected chi connectivity index (χ0v) is 6.79. The summed E-state index contributed by atoms with van der Waals surface area (Å²) in [6.45, 7) is 1.77. The molecule has 1 heterocycles. The molecule has 3 nitrogen and oxygen atoms in total. The number of allylic oxidation sites excluding steroid dienone is 1. The van der Waals surface area contributed by atoms with Crippen LogP contribution in [-0.2, 0) is 14.3 Å². The highest BCUT2D eigenvalue weighted by Gasteiger charge is 2.28. The highest BCUT2D eigenvalue weighted by atomic mass is 16.5. The largest absolute Gasteiger partial charge is 0.498 e. The third kappa shape index (κ3) is 1.73. The van der Waals surface area contributed by atoms with E-state index in [1.165, 1.54) is 6.26 Å². The number of carbonyl (C=O) groups excluding carboxylic acids is 1. The van der Waals surface area contributed by atoms with E-state index in [9.17, 15) is 4.79 Å². The van der Waals surface area contributed by atoms with Gasteiger partial charge in [0.25, 0.3) is 0 Å². The number of hydrogen-bond donors (Lipinski definition) is 0. The van der Waals surface area contributed by atoms with E-state index >= 15 is 0 Å². The lowest BCUT2D eigenvalue weighted by Crippen LogP contribution is -2.31. The summed E-state index contributed by atoms with van der Waals surface area (Å²) in [5, 5.41) is 0. The Hall–Kier alpha value is -0.990. The Morgan fingerprint density at radius 1 is 1.82 bits per heavy atom. The van der Waals surface area contributed by atoms with Crippen LogP contribution in [0.4, 0.5) is 0 Å². The van der Waals surface area contributed by atoms with Crippen LogP contribution in [0, 0.1) is 0 Å². The molecule has 1 atom stereocenters. The molecule has 0 aromatic carbocycles. The van der Waals surface area contributed by atoms with Crippen molar-refractivity contribution in [1.29, 1.82) is 0 Å². The lowest BCUT2D eigenvalue weighted by atomic mass is 9.99. The number of hydrogen-bond acceptors (Lipinski definition) is 3. The number of ether oxygens (including phenoxy) is 2. The van der Waals surface area contributed by atoms with Crippen LogP contribution in [0.3, 0.4) is 0 Å². The third-order valence-electron chi connectivity index (χ3n) is 1.84. The number of rotatable bonds is 2. The maximum atomic E-state index is 10.5. The molecule has 0 saturated heterocycles. The Kier molecular flexibility index (Phi) is 2.17. The number of methoxy groups -OCH3 is 1. The molecule has 0 fully saturated rings. The van der Waals surface area contributed by atoms with E-state index < -0.39 is 5.60 Å². The monoisotopic (exact) mass is 156 g/mol. The summed E-state index contributed by atoms with van der Waals surface area (Å²) in [7, 11) is 1.60. The topological polar surface area (TPSA) is 35.5 Å². The van der Waals surface area contributed by atoms with Crippen LogP contribution in [0.2, 0.25) is 0 Å². The average molecular weight is 156 g/mol. The van der Waals surface area contributed by atoms with Gasteiger partial charge in [0.2, 0.25) is 0 Å². The second-order valence-corrected chi connectivity index (χ2v) is 2.84. The predicted molar refractivity (Wildman–Crippen MR) is 39.9 cm³/mol. The van der Waals surface area contributed by atoms with Gasteiger partial charge in [-0.3, -0.25) is 4.79 Å². The summed E-state index contributed by atoms with van der Waals surface area (Å²) in [5.41, 5.74) is -0.637. The Bertz CT molecular complexity index is 186. The van der Waals surface area contributed by atoms with E-state index in [1.54, 1.807) is 14.0 Å². The lowest BCUT2D eigenvalue weighted by Gasteiger charge is -2.27. The smallest absolute Gasteiger partial charge is 0.163 e. The van der Waals surface area contributed by atoms with Crippen LogP contribution in [0.5, 0.6) is 0 Å². The van der Waals surface area contributed by atoms with Crippen molar-refractivity contribution in [2.45, 2.75) is 25.4 Å². The second-order valence-electron chi connectivity index (χ2n) is 2.84. The van der Waals surface area contributed by atoms with E-state index in [0.717, 1.165) is 18.5 Å². The molecule has 11 heavy (non-hydrogen) atoms. The quantitative estimate of drug-likeness (QED) is 0.564. The summed E-state index contributed by atoms with van der Waals surface area (Å²) in [6, 6.07) is 0. The summed E-state index contributed by atoms with van der Waals surface area (Å²) in [4.78, 5) is 10.5. The Morgan fingerprint density at radius 3 is 2.91 bits per heavy atom. The summed E-state index contributed by atoms with van der Waals surface area (Å²) in [5.74, 6) is 0.796. The fourth-order valence-electron chi connectivity index (χ4n) is 0.926. The molecular weight excluding hydrogens is 144 g/mol. The molecule has 0 aliphatic carbocycles. The minimum Gasteiger partial charge on any atom is -0.498 e. The maximum absolute atomic E-state index is 10.5. The number of carbonyl (C=O) groups is 1. The van der Waals surface area contributed by atoms with Gasteiger partial charge < -0.3 is 9.47 Å². The van der Waals surface area contributed by atoms with E-state index in [2.05, 4.69) is 0 Å². The molecule has 62 valence electrons. The van der Waals surface area contributed by atoms with Gasteiger partial charge in [-0.1, -0.05) is 0 Å². The van der Waals surface area contributed by atoms with Crippen molar-refractivity contribution >= 4 is 6.29 Å². The standard InChI is InChI=1S/C8H12O3/c1-8(6-9)4-3-7(10-2)5-11-8/h5-6H,3-4H2,1-2H3. The zero-order chi connectivity index (χ0) is 8.32. The Balaban J connectivity index is 2.60. The summed E-state index contributed by atoms with van der Waals surface area (Å²) >= 11 is 0. The Labute approximate surface area is 66.0 Å². The molecule has 0 saturated carbocycles. The van der Waals surface area contributed by atoms with Crippen molar-refractivity contribution in [3.63, 3.8) is 0 Å². The molecule has 0 spiro atoms. The van der Waals surface area contributed by atoms with Crippen molar-refractivity contribution in [1.82, 2.24) is 0 Å². The molecule has 0 amide bonds. The molecule has 0 N–H and O–H groups in total. The fourth-order valence-corrected chi connectivity index (χ4v) is 0.926. The van der Waals surface area contributed by atoms with Crippen molar-refractivity contribution in [2.75, 3.05) is 7.11 Å². The van der Waals surface area contributed by atoms with Crippen molar-refractivity contribution < 1.29 is 14.3 Å². The van der Waals surface area contributed by atoms with Crippen LogP contribution < -0.4 is 0 Å². The van der Waals surface area contributed by atoms with Gasteiger partial charge in [0.15, 0.2) is 11.9 Å². The van der Waals surface area contributed by atoms with Gasteiger partial charge >= 0.3 is 0 Å². The molecule has 0 radical (unpaired) electrons. The van der Waals surface area contributed by atoms with E-state index in [1.807, 2.05) is 0 Å². The highest BCUT2D eigenvalue weighted by molar-refractivity contribution is 5.62. The van der Waals surface area contributed by atoms with Crippen LogP contribution in [0.15, 0.2) is 12.0 Å². The highest BCUT2D eigenvalue weighted by Crippen LogP contribution is 2.24. The van der Waals surface area contributed by atoms with Crippen LogP contribution in [0.1, 0.15) is 19.8 Å². The van der Waals surface area contributed by atoms with Gasteiger partial charge in [0.1, 0.15) is 12.0 Å². The van der Waals surface area contributed by atoms with Gasteiger partial charge in [0, 0.05) is 12.8 Å². The molecule has 0 bridgehead atoms. The number of aldehydes is 1. The van der Waals surface area contributed by atoms with Crippen molar-refractivity contribution in [2.24, 2.45) is 0 Å². The maximum Gasteiger partial charge on any atom is 0.163 e. The molecule has 1 aliphatic rings. The van der Waals surface area contributed by atoms with Gasteiger partial charge in [0.05, 0.1) is 7.11 Å². The lowest BCUT2D eigenvalue weighted by molar-refractivity contribution is -0.125. The molecule has 0 aromatic heterocycles. The van der Waals surface area contributed by atoms with Crippen molar-refractivity contribution in [3.8, 4) is 0 Å². The first-order valence-corrected chi connectivity index (χ1v) is 3.57. The van der Waals surface area contributed by atoms with Gasteiger partial charge in [-0.05, 0) is 6.92 Å². The van der Waals surface area contributed by atoms with Crippen LogP contribution in [-0.4, -0.2) is 19.0 Å². The normalized spacial score (nSPS) is 30.2. The van der Waals surface area contributed by atoms with Gasteiger partial charge in [-0.15, -0.1) is 0 Å². The third-order valence-corrected chi connectivity index (χ3v) is 1.84. The first kappa shape index (κ1) is 8.11. The molecule has 1 aliphatic heterocycles. The minimum atomic E-state index is -0.637. The second kappa shape index (κ2) is 2.95. The van der Waals surface area contributed by atoms with E-state index in [4.69, 9.17) is 9.47 Å². The average Bonchev–Trinajstić information content (AvgIpc) is 2.06. The van der Waals surface area contributed by atoms with Crippen molar-refractivity contribution in [3.05, 3.63) is 12.0 Å². The molecule has 1 rings (SSSR count). The van der Waals surface area contributed by atoms with E-state index in [0.29, 0.717) is 6.42 Å². The summed E-state index contributed by atoms with van der Waals surface area (Å²) in [6.07, 6.45) is 3.80. The van der Waals surface area contributed by atoms with Crippen LogP contribution in [0.25, 0.3) is 0 Å². The first-order valence-electron chi connectivity index (χ1n) is 3.57. The molecule has 0 aromatic rings. The van der Waals surface area contributed by atoms with E-state index in [-0.39, 0.29) is 0 Å². The molecule has 1 unspecified atom stereocenters. The minimum absolute atomic E-state index is 0.637.